The number of ketones is 1. The number of Topliss-reactive ketones (excluding diaryl/α,β-unsaturated/α-hetero) is 1. The summed E-state index contributed by atoms with van der Waals surface area (Å²) >= 11 is 0. The first-order valence-corrected chi connectivity index (χ1v) is 9.88. The summed E-state index contributed by atoms with van der Waals surface area (Å²) in [4.78, 5) is 26.4. The van der Waals surface area contributed by atoms with Crippen LogP contribution in [-0.2, 0) is 4.79 Å². The Labute approximate surface area is 185 Å². The normalized spacial score (nSPS) is 10.6. The summed E-state index contributed by atoms with van der Waals surface area (Å²) in [7, 11) is 4.60. The van der Waals surface area contributed by atoms with Gasteiger partial charge in [-0.05, 0) is 48.0 Å². The molecule has 1 N–H and O–H groups in total. The Kier molecular flexibility index (Phi) is 5.81. The summed E-state index contributed by atoms with van der Waals surface area (Å²) in [5, 5.41) is 2.66. The number of aromatic nitrogens is 1. The molecule has 7 nitrogen and oxygen atoms in total. The van der Waals surface area contributed by atoms with Gasteiger partial charge in [0.1, 0.15) is 22.9 Å². The highest BCUT2D eigenvalue weighted by molar-refractivity contribution is 6.47. The van der Waals surface area contributed by atoms with Crippen LogP contribution in [0, 0.1) is 0 Å². The highest BCUT2D eigenvalue weighted by Crippen LogP contribution is 2.32. The van der Waals surface area contributed by atoms with Gasteiger partial charge in [0.05, 0.1) is 27.0 Å². The van der Waals surface area contributed by atoms with Gasteiger partial charge in [-0.15, -0.1) is 0 Å². The highest BCUT2D eigenvalue weighted by atomic mass is 16.5. The molecule has 32 heavy (non-hydrogen) atoms. The fraction of sp³-hybridized carbons (Fsp3) is 0.120. The van der Waals surface area contributed by atoms with Gasteiger partial charge in [-0.3, -0.25) is 9.59 Å². The van der Waals surface area contributed by atoms with Gasteiger partial charge in [-0.25, -0.2) is 0 Å². The molecular formula is C25H22N2O5. The number of pyridine rings is 1. The van der Waals surface area contributed by atoms with Crippen LogP contribution in [0.2, 0.25) is 0 Å². The number of rotatable bonds is 7. The van der Waals surface area contributed by atoms with Gasteiger partial charge in [0.15, 0.2) is 0 Å². The molecular weight excluding hydrogens is 408 g/mol. The molecule has 0 fully saturated rings. The van der Waals surface area contributed by atoms with E-state index in [2.05, 4.69) is 5.32 Å². The Morgan fingerprint density at radius 1 is 0.812 bits per heavy atom. The number of hydrogen-bond acceptors (Lipinski definition) is 5. The summed E-state index contributed by atoms with van der Waals surface area (Å²) < 4.78 is 17.5. The lowest BCUT2D eigenvalue weighted by molar-refractivity contribution is -0.112. The Hall–Kier alpha value is -4.26. The van der Waals surface area contributed by atoms with Gasteiger partial charge in [-0.2, -0.15) is 0 Å². The number of anilines is 1. The van der Waals surface area contributed by atoms with Crippen LogP contribution in [-0.4, -0.2) is 37.4 Å². The van der Waals surface area contributed by atoms with Crippen LogP contribution in [0.4, 0.5) is 5.69 Å². The number of methoxy groups -OCH3 is 3. The molecule has 2 heterocycles. The van der Waals surface area contributed by atoms with Gasteiger partial charge in [-0.1, -0.05) is 18.2 Å². The number of hydrogen-bond donors (Lipinski definition) is 1. The zero-order chi connectivity index (χ0) is 22.7. The van der Waals surface area contributed by atoms with E-state index in [1.807, 2.05) is 48.5 Å². The molecule has 0 spiro atoms. The van der Waals surface area contributed by atoms with E-state index < -0.39 is 11.7 Å². The number of amides is 1. The van der Waals surface area contributed by atoms with E-state index in [4.69, 9.17) is 14.2 Å². The molecule has 0 aliphatic carbocycles. The zero-order valence-corrected chi connectivity index (χ0v) is 17.9. The van der Waals surface area contributed by atoms with E-state index in [1.54, 1.807) is 35.9 Å². The van der Waals surface area contributed by atoms with Crippen LogP contribution in [0.15, 0.2) is 72.9 Å². The Morgan fingerprint density at radius 3 is 2.22 bits per heavy atom. The molecule has 162 valence electrons. The lowest BCUT2D eigenvalue weighted by atomic mass is 10.0. The minimum absolute atomic E-state index is 0.269. The predicted molar refractivity (Wildman–Crippen MR) is 122 cm³/mol. The zero-order valence-electron chi connectivity index (χ0n) is 17.9. The molecule has 2 aromatic heterocycles. The Balaban J connectivity index is 1.75. The SMILES string of the molecule is COc1ccc(-c2cc3ccccn3c2C(=O)C(=O)Nc2cc(OC)ccc2OC)cc1. The predicted octanol–water partition coefficient (Wildman–Crippen LogP) is 4.45. The van der Waals surface area contributed by atoms with Crippen molar-refractivity contribution in [1.82, 2.24) is 4.40 Å². The maximum absolute atomic E-state index is 13.4. The summed E-state index contributed by atoms with van der Waals surface area (Å²) in [5.74, 6) is 0.193. The molecule has 7 heteroatoms. The van der Waals surface area contributed by atoms with E-state index in [9.17, 15) is 9.59 Å². The van der Waals surface area contributed by atoms with Gasteiger partial charge in [0, 0.05) is 23.3 Å². The van der Waals surface area contributed by atoms with Crippen molar-refractivity contribution in [3.63, 3.8) is 0 Å². The quantitative estimate of drug-likeness (QED) is 0.346. The number of ether oxygens (including phenoxy) is 3. The molecule has 4 rings (SSSR count). The second kappa shape index (κ2) is 8.85. The van der Waals surface area contributed by atoms with Crippen molar-refractivity contribution < 1.29 is 23.8 Å². The van der Waals surface area contributed by atoms with Crippen molar-refractivity contribution in [2.75, 3.05) is 26.6 Å². The van der Waals surface area contributed by atoms with Crippen LogP contribution in [0.3, 0.4) is 0 Å². The van der Waals surface area contributed by atoms with E-state index in [-0.39, 0.29) is 5.69 Å². The first-order valence-electron chi connectivity index (χ1n) is 9.88. The highest BCUT2D eigenvalue weighted by Gasteiger charge is 2.25. The first-order chi connectivity index (χ1) is 15.5. The smallest absolute Gasteiger partial charge is 0.298 e. The summed E-state index contributed by atoms with van der Waals surface area (Å²) in [6.45, 7) is 0. The van der Waals surface area contributed by atoms with Crippen LogP contribution < -0.4 is 19.5 Å². The second-order valence-corrected chi connectivity index (χ2v) is 6.98. The fourth-order valence-electron chi connectivity index (χ4n) is 3.54. The van der Waals surface area contributed by atoms with E-state index in [0.717, 1.165) is 11.1 Å². The average Bonchev–Trinajstić information content (AvgIpc) is 3.23. The van der Waals surface area contributed by atoms with E-state index in [1.165, 1.54) is 14.2 Å². The number of benzene rings is 2. The Morgan fingerprint density at radius 2 is 1.53 bits per heavy atom. The number of fused-ring (bicyclic) bond motifs is 1. The van der Waals surface area contributed by atoms with Gasteiger partial charge >= 0.3 is 0 Å². The first kappa shape index (κ1) is 21.0. The fourth-order valence-corrected chi connectivity index (χ4v) is 3.54. The Bertz CT molecular complexity index is 1290. The minimum atomic E-state index is -0.782. The summed E-state index contributed by atoms with van der Waals surface area (Å²) in [6, 6.07) is 19.8. The summed E-state index contributed by atoms with van der Waals surface area (Å²) in [5.41, 5.74) is 2.86. The van der Waals surface area contributed by atoms with Crippen LogP contribution in [0.1, 0.15) is 10.5 Å². The lowest BCUT2D eigenvalue weighted by Crippen LogP contribution is -2.25. The van der Waals surface area contributed by atoms with Crippen LogP contribution in [0.25, 0.3) is 16.6 Å². The lowest BCUT2D eigenvalue weighted by Gasteiger charge is -2.12. The molecule has 4 aromatic rings. The number of carbonyl (C=O) groups excluding carboxylic acids is 2. The standard InChI is InChI=1S/C25H22N2O5/c1-30-18-9-7-16(8-10-18)20-14-17-6-4-5-13-27(17)23(20)24(28)25(29)26-21-15-19(31-2)11-12-22(21)32-3/h4-15H,1-3H3,(H,26,29). The van der Waals surface area contributed by atoms with E-state index >= 15 is 0 Å². The van der Waals surface area contributed by atoms with Crippen LogP contribution in [0.5, 0.6) is 17.2 Å². The molecule has 0 bridgehead atoms. The molecule has 0 saturated heterocycles. The van der Waals surface area contributed by atoms with Gasteiger partial charge in [0.2, 0.25) is 0 Å². The van der Waals surface area contributed by atoms with Crippen molar-refractivity contribution in [1.29, 1.82) is 0 Å². The van der Waals surface area contributed by atoms with Crippen molar-refractivity contribution in [2.45, 2.75) is 0 Å². The van der Waals surface area contributed by atoms with Gasteiger partial charge in [0.25, 0.3) is 11.7 Å². The largest absolute Gasteiger partial charge is 0.497 e. The van der Waals surface area contributed by atoms with Crippen molar-refractivity contribution in [3.05, 3.63) is 78.6 Å². The topological polar surface area (TPSA) is 78.3 Å². The third kappa shape index (κ3) is 3.88. The van der Waals surface area contributed by atoms with Crippen LogP contribution >= 0.6 is 0 Å². The third-order valence-corrected chi connectivity index (χ3v) is 5.16. The molecule has 0 unspecified atom stereocenters. The number of nitrogens with zero attached hydrogens (tertiary/aromatic N) is 1. The third-order valence-electron chi connectivity index (χ3n) is 5.16. The van der Waals surface area contributed by atoms with E-state index in [0.29, 0.717) is 28.5 Å². The summed E-state index contributed by atoms with van der Waals surface area (Å²) in [6.07, 6.45) is 1.76. The molecule has 2 aromatic carbocycles. The molecule has 0 radical (unpaired) electrons. The van der Waals surface area contributed by atoms with Crippen molar-refractivity contribution in [2.24, 2.45) is 0 Å². The number of nitrogens with one attached hydrogen (secondary N) is 1. The maximum atomic E-state index is 13.4. The van der Waals surface area contributed by atoms with Gasteiger partial charge < -0.3 is 23.9 Å². The number of carbonyl (C=O) groups is 2. The maximum Gasteiger partial charge on any atom is 0.298 e. The second-order valence-electron chi connectivity index (χ2n) is 6.98. The van der Waals surface area contributed by atoms with Crippen molar-refractivity contribution in [3.8, 4) is 28.4 Å². The molecule has 0 atom stereocenters. The van der Waals surface area contributed by atoms with Crippen molar-refractivity contribution >= 4 is 22.9 Å². The molecule has 1 amide bonds. The molecule has 0 aliphatic rings. The average molecular weight is 430 g/mol. The molecule has 0 aliphatic heterocycles. The molecule has 0 saturated carbocycles. The minimum Gasteiger partial charge on any atom is -0.497 e. The monoisotopic (exact) mass is 430 g/mol.